The topological polar surface area (TPSA) is 90.5 Å². The molecule has 2 N–H and O–H groups in total. The lowest BCUT2D eigenvalue weighted by Gasteiger charge is -2.33. The second-order valence-corrected chi connectivity index (χ2v) is 3.44. The van der Waals surface area contributed by atoms with Gasteiger partial charge in [-0.1, -0.05) is 0 Å². The van der Waals surface area contributed by atoms with E-state index in [9.17, 15) is 9.59 Å². The van der Waals surface area contributed by atoms with Crippen LogP contribution in [0.1, 0.15) is 0 Å². The summed E-state index contributed by atoms with van der Waals surface area (Å²) < 4.78 is 6.43. The van der Waals surface area contributed by atoms with E-state index in [1.165, 1.54) is 28.2 Å². The number of hydrogen-bond donors (Lipinski definition) is 1. The number of ether oxygens (including phenoxy) is 1. The molecule has 2 amide bonds. The third-order valence-corrected chi connectivity index (χ3v) is 2.43. The molecule has 1 aliphatic rings. The molecular formula is C9H12N4O3. The molecule has 0 radical (unpaired) electrons. The number of amides is 2. The van der Waals surface area contributed by atoms with E-state index in [-0.39, 0.29) is 12.6 Å². The predicted octanol–water partition coefficient (Wildman–Crippen LogP) is -0.963. The lowest BCUT2D eigenvalue weighted by molar-refractivity contribution is -0.127. The Kier molecular flexibility index (Phi) is 2.86. The highest BCUT2D eigenvalue weighted by molar-refractivity contribution is 5.87. The lowest BCUT2D eigenvalue weighted by atomic mass is 10.2. The largest absolute Gasteiger partial charge is 0.377 e. The minimum absolute atomic E-state index is 0.149. The third kappa shape index (κ3) is 1.89. The van der Waals surface area contributed by atoms with Crippen molar-refractivity contribution in [1.82, 2.24) is 14.5 Å². The van der Waals surface area contributed by atoms with Crippen molar-refractivity contribution in [2.45, 2.75) is 6.04 Å². The van der Waals surface area contributed by atoms with Crippen LogP contribution in [0.3, 0.4) is 0 Å². The summed E-state index contributed by atoms with van der Waals surface area (Å²) in [7, 11) is 0. The summed E-state index contributed by atoms with van der Waals surface area (Å²) in [6.07, 6.45) is 4.41. The molecular weight excluding hydrogens is 212 g/mol. The van der Waals surface area contributed by atoms with Crippen LogP contribution in [0.25, 0.3) is 0 Å². The van der Waals surface area contributed by atoms with Gasteiger partial charge in [0.05, 0.1) is 13.2 Å². The van der Waals surface area contributed by atoms with Gasteiger partial charge in [0.25, 0.3) is 0 Å². The number of nitrogens with two attached hydrogens (primary N) is 1. The van der Waals surface area contributed by atoms with Crippen LogP contribution in [0.4, 0.5) is 4.79 Å². The molecule has 16 heavy (non-hydrogen) atoms. The Hall–Kier alpha value is -1.89. The summed E-state index contributed by atoms with van der Waals surface area (Å²) >= 11 is 0. The average molecular weight is 224 g/mol. The fraction of sp³-hybridized carbons (Fsp3) is 0.444. The van der Waals surface area contributed by atoms with E-state index in [0.29, 0.717) is 13.2 Å². The van der Waals surface area contributed by atoms with Crippen LogP contribution in [0.15, 0.2) is 18.7 Å². The maximum absolute atomic E-state index is 12.0. The molecule has 0 saturated carbocycles. The van der Waals surface area contributed by atoms with Crippen molar-refractivity contribution in [1.29, 1.82) is 0 Å². The van der Waals surface area contributed by atoms with E-state index in [4.69, 9.17) is 10.5 Å². The normalized spacial score (nSPS) is 20.8. The third-order valence-electron chi connectivity index (χ3n) is 2.43. The predicted molar refractivity (Wildman–Crippen MR) is 53.5 cm³/mol. The van der Waals surface area contributed by atoms with E-state index in [1.807, 2.05) is 0 Å². The van der Waals surface area contributed by atoms with Gasteiger partial charge < -0.3 is 15.4 Å². The van der Waals surface area contributed by atoms with Gasteiger partial charge in [-0.3, -0.25) is 9.36 Å². The average Bonchev–Trinajstić information content (AvgIpc) is 2.81. The lowest BCUT2D eigenvalue weighted by Crippen LogP contribution is -2.55. The molecule has 0 spiro atoms. The highest BCUT2D eigenvalue weighted by Crippen LogP contribution is 2.08. The maximum atomic E-state index is 12.0. The number of carbonyl (C=O) groups is 2. The number of carbonyl (C=O) groups excluding carboxylic acids is 2. The van der Waals surface area contributed by atoms with Gasteiger partial charge in [-0.05, 0) is 0 Å². The molecule has 1 aromatic rings. The molecule has 7 heteroatoms. The molecule has 0 bridgehead atoms. The number of imidazole rings is 1. The Balaban J connectivity index is 2.17. The second kappa shape index (κ2) is 4.31. The number of hydrogen-bond acceptors (Lipinski definition) is 4. The van der Waals surface area contributed by atoms with Crippen molar-refractivity contribution in [2.24, 2.45) is 5.73 Å². The SMILES string of the molecule is NC(=O)C1COCCN1C(=O)n1ccnc1. The highest BCUT2D eigenvalue weighted by atomic mass is 16.5. The van der Waals surface area contributed by atoms with Gasteiger partial charge in [-0.25, -0.2) is 9.78 Å². The van der Waals surface area contributed by atoms with E-state index in [0.717, 1.165) is 0 Å². The van der Waals surface area contributed by atoms with Gasteiger partial charge in [0, 0.05) is 18.9 Å². The molecule has 1 saturated heterocycles. The van der Waals surface area contributed by atoms with E-state index in [2.05, 4.69) is 4.98 Å². The summed E-state index contributed by atoms with van der Waals surface area (Å²) in [5.74, 6) is -0.562. The van der Waals surface area contributed by atoms with Crippen molar-refractivity contribution in [3.05, 3.63) is 18.7 Å². The minimum Gasteiger partial charge on any atom is -0.377 e. The molecule has 0 aliphatic carbocycles. The number of primary amides is 1. The van der Waals surface area contributed by atoms with Gasteiger partial charge in [0.15, 0.2) is 0 Å². The molecule has 1 unspecified atom stereocenters. The van der Waals surface area contributed by atoms with Crippen LogP contribution in [0, 0.1) is 0 Å². The Morgan fingerprint density at radius 2 is 2.31 bits per heavy atom. The molecule has 2 heterocycles. The minimum atomic E-state index is -0.705. The zero-order valence-corrected chi connectivity index (χ0v) is 8.57. The molecule has 7 nitrogen and oxygen atoms in total. The molecule has 1 atom stereocenters. The van der Waals surface area contributed by atoms with Crippen LogP contribution in [-0.2, 0) is 9.53 Å². The zero-order chi connectivity index (χ0) is 11.5. The first kappa shape index (κ1) is 10.6. The summed E-state index contributed by atoms with van der Waals surface area (Å²) in [6, 6.07) is -1.02. The quantitative estimate of drug-likeness (QED) is 0.665. The Bertz CT molecular complexity index is 389. The number of aromatic nitrogens is 2. The highest BCUT2D eigenvalue weighted by Gasteiger charge is 2.31. The van der Waals surface area contributed by atoms with Crippen molar-refractivity contribution >= 4 is 11.9 Å². The molecule has 1 aliphatic heterocycles. The fourth-order valence-corrected chi connectivity index (χ4v) is 1.59. The summed E-state index contributed by atoms with van der Waals surface area (Å²) in [5.41, 5.74) is 5.21. The second-order valence-electron chi connectivity index (χ2n) is 3.44. The first-order valence-electron chi connectivity index (χ1n) is 4.86. The van der Waals surface area contributed by atoms with Crippen molar-refractivity contribution in [3.63, 3.8) is 0 Å². The maximum Gasteiger partial charge on any atom is 0.330 e. The standard InChI is InChI=1S/C9H12N4O3/c10-8(14)7-5-16-4-3-13(7)9(15)12-2-1-11-6-12/h1-2,6-7H,3-5H2,(H2,10,14). The number of morpholine rings is 1. The smallest absolute Gasteiger partial charge is 0.330 e. The Morgan fingerprint density at radius 1 is 1.50 bits per heavy atom. The fourth-order valence-electron chi connectivity index (χ4n) is 1.59. The van der Waals surface area contributed by atoms with E-state index in [1.54, 1.807) is 0 Å². The van der Waals surface area contributed by atoms with Gasteiger partial charge in [0.1, 0.15) is 12.4 Å². The first-order valence-corrected chi connectivity index (χ1v) is 4.86. The van der Waals surface area contributed by atoms with Gasteiger partial charge >= 0.3 is 6.03 Å². The van der Waals surface area contributed by atoms with E-state index >= 15 is 0 Å². The van der Waals surface area contributed by atoms with Crippen molar-refractivity contribution in [3.8, 4) is 0 Å². The Morgan fingerprint density at radius 3 is 2.94 bits per heavy atom. The van der Waals surface area contributed by atoms with Gasteiger partial charge in [0.2, 0.25) is 5.91 Å². The summed E-state index contributed by atoms with van der Waals surface area (Å²) in [4.78, 5) is 28.3. The molecule has 2 rings (SSSR count). The molecule has 1 fully saturated rings. The Labute approximate surface area is 91.8 Å². The van der Waals surface area contributed by atoms with Gasteiger partial charge in [-0.2, -0.15) is 0 Å². The molecule has 0 aromatic carbocycles. The molecule has 1 aromatic heterocycles. The van der Waals surface area contributed by atoms with Crippen LogP contribution in [-0.4, -0.2) is 52.2 Å². The van der Waals surface area contributed by atoms with Crippen molar-refractivity contribution < 1.29 is 14.3 Å². The summed E-state index contributed by atoms with van der Waals surface area (Å²) in [6.45, 7) is 0.907. The van der Waals surface area contributed by atoms with Crippen LogP contribution in [0.2, 0.25) is 0 Å². The number of nitrogens with zero attached hydrogens (tertiary/aromatic N) is 3. The van der Waals surface area contributed by atoms with Crippen molar-refractivity contribution in [2.75, 3.05) is 19.8 Å². The zero-order valence-electron chi connectivity index (χ0n) is 8.57. The monoisotopic (exact) mass is 224 g/mol. The van der Waals surface area contributed by atoms with Crippen LogP contribution in [0.5, 0.6) is 0 Å². The summed E-state index contributed by atoms with van der Waals surface area (Å²) in [5, 5.41) is 0. The first-order chi connectivity index (χ1) is 7.70. The van der Waals surface area contributed by atoms with Crippen LogP contribution >= 0.6 is 0 Å². The van der Waals surface area contributed by atoms with Crippen LogP contribution < -0.4 is 5.73 Å². The molecule has 86 valence electrons. The van der Waals surface area contributed by atoms with Gasteiger partial charge in [-0.15, -0.1) is 0 Å². The van der Waals surface area contributed by atoms with E-state index < -0.39 is 11.9 Å². The number of rotatable bonds is 1.